The number of aromatic nitrogens is 3. The predicted molar refractivity (Wildman–Crippen MR) is 77.4 cm³/mol. The van der Waals surface area contributed by atoms with E-state index in [1.54, 1.807) is 4.68 Å². The van der Waals surface area contributed by atoms with Crippen LogP contribution in [0.4, 0.5) is 0 Å². The highest BCUT2D eigenvalue weighted by atomic mass is 16.5. The maximum Gasteiger partial charge on any atom is 0.360 e. The number of carbonyl (C=O) groups is 1. The van der Waals surface area contributed by atoms with Crippen molar-refractivity contribution in [2.45, 2.75) is 26.8 Å². The van der Waals surface area contributed by atoms with E-state index in [0.29, 0.717) is 19.6 Å². The Bertz CT molecular complexity index is 622. The highest BCUT2D eigenvalue weighted by Gasteiger charge is 2.18. The van der Waals surface area contributed by atoms with Gasteiger partial charge in [0.15, 0.2) is 5.69 Å². The average Bonchev–Trinajstić information content (AvgIpc) is 2.89. The zero-order valence-electron chi connectivity index (χ0n) is 12.5. The molecule has 2 rings (SSSR count). The van der Waals surface area contributed by atoms with Gasteiger partial charge in [0.05, 0.1) is 19.3 Å². The fourth-order valence-corrected chi connectivity index (χ4v) is 2.07. The maximum atomic E-state index is 11.6. The Balaban J connectivity index is 2.00. The van der Waals surface area contributed by atoms with E-state index in [0.717, 1.165) is 17.0 Å². The summed E-state index contributed by atoms with van der Waals surface area (Å²) in [5.74, 6) is 0.360. The van der Waals surface area contributed by atoms with Gasteiger partial charge in [-0.2, -0.15) is 0 Å². The van der Waals surface area contributed by atoms with Crippen LogP contribution >= 0.6 is 0 Å². The Labute approximate surface area is 123 Å². The van der Waals surface area contributed by atoms with Crippen molar-refractivity contribution in [1.82, 2.24) is 15.0 Å². The Kier molecular flexibility index (Phi) is 4.92. The molecular formula is C15H19N3O3. The van der Waals surface area contributed by atoms with E-state index in [9.17, 15) is 4.79 Å². The summed E-state index contributed by atoms with van der Waals surface area (Å²) in [5.41, 5.74) is 2.18. The molecule has 0 bridgehead atoms. The number of esters is 1. The van der Waals surface area contributed by atoms with E-state index in [1.807, 2.05) is 38.1 Å². The summed E-state index contributed by atoms with van der Waals surface area (Å²) >= 11 is 0. The van der Waals surface area contributed by atoms with Gasteiger partial charge in [-0.3, -0.25) is 0 Å². The number of methoxy groups -OCH3 is 1. The number of ether oxygens (including phenoxy) is 2. The second-order valence-corrected chi connectivity index (χ2v) is 4.62. The van der Waals surface area contributed by atoms with Crippen LogP contribution in [-0.4, -0.2) is 34.7 Å². The van der Waals surface area contributed by atoms with Gasteiger partial charge >= 0.3 is 5.97 Å². The number of nitrogens with zero attached hydrogens (tertiary/aromatic N) is 3. The van der Waals surface area contributed by atoms with E-state index in [-0.39, 0.29) is 5.69 Å². The number of aryl methyl sites for hydroxylation is 1. The van der Waals surface area contributed by atoms with Gasteiger partial charge in [-0.25, -0.2) is 9.48 Å². The molecule has 0 fully saturated rings. The maximum absolute atomic E-state index is 11.6. The Hall–Kier alpha value is -2.37. The minimum atomic E-state index is -0.460. The minimum Gasteiger partial charge on any atom is -0.492 e. The van der Waals surface area contributed by atoms with E-state index < -0.39 is 5.97 Å². The van der Waals surface area contributed by atoms with Crippen molar-refractivity contribution in [3.05, 3.63) is 41.2 Å². The third-order valence-electron chi connectivity index (χ3n) is 3.11. The van der Waals surface area contributed by atoms with Crippen LogP contribution in [0.5, 0.6) is 5.75 Å². The molecular weight excluding hydrogens is 270 g/mol. The molecule has 0 saturated heterocycles. The zero-order valence-corrected chi connectivity index (χ0v) is 12.5. The summed E-state index contributed by atoms with van der Waals surface area (Å²) < 4.78 is 12.1. The van der Waals surface area contributed by atoms with Crippen molar-refractivity contribution >= 4 is 5.97 Å². The Morgan fingerprint density at radius 1 is 1.38 bits per heavy atom. The first-order chi connectivity index (χ1) is 10.2. The fourth-order valence-electron chi connectivity index (χ4n) is 2.07. The summed E-state index contributed by atoms with van der Waals surface area (Å²) in [4.78, 5) is 11.6. The number of carbonyl (C=O) groups excluding carboxylic acids is 1. The number of hydrogen-bond donors (Lipinski definition) is 0. The van der Waals surface area contributed by atoms with Crippen LogP contribution < -0.4 is 4.74 Å². The van der Waals surface area contributed by atoms with Crippen molar-refractivity contribution < 1.29 is 14.3 Å². The molecule has 0 spiro atoms. The largest absolute Gasteiger partial charge is 0.492 e. The zero-order chi connectivity index (χ0) is 15.2. The highest BCUT2D eigenvalue weighted by Crippen LogP contribution is 2.13. The second kappa shape index (κ2) is 6.88. The SMILES string of the molecule is CCc1c(C(=O)OC)nnn1CCOc1cccc(C)c1. The van der Waals surface area contributed by atoms with Gasteiger partial charge in [0, 0.05) is 0 Å². The molecule has 0 radical (unpaired) electrons. The van der Waals surface area contributed by atoms with Gasteiger partial charge < -0.3 is 9.47 Å². The second-order valence-electron chi connectivity index (χ2n) is 4.62. The molecule has 0 aliphatic carbocycles. The summed E-state index contributed by atoms with van der Waals surface area (Å²) in [7, 11) is 1.33. The molecule has 0 unspecified atom stereocenters. The molecule has 0 aliphatic rings. The van der Waals surface area contributed by atoms with Crippen LogP contribution in [0.15, 0.2) is 24.3 Å². The predicted octanol–water partition coefficient (Wildman–Crippen LogP) is 2.01. The quantitative estimate of drug-likeness (QED) is 0.761. The van der Waals surface area contributed by atoms with Gasteiger partial charge in [0.25, 0.3) is 0 Å². The van der Waals surface area contributed by atoms with E-state index in [4.69, 9.17) is 9.47 Å². The monoisotopic (exact) mass is 289 g/mol. The lowest BCUT2D eigenvalue weighted by Crippen LogP contribution is -2.13. The van der Waals surface area contributed by atoms with Crippen LogP contribution in [0.25, 0.3) is 0 Å². The summed E-state index contributed by atoms with van der Waals surface area (Å²) in [6.45, 7) is 4.95. The third-order valence-corrected chi connectivity index (χ3v) is 3.11. The van der Waals surface area contributed by atoms with Crippen molar-refractivity contribution in [1.29, 1.82) is 0 Å². The van der Waals surface area contributed by atoms with Gasteiger partial charge in [-0.1, -0.05) is 24.3 Å². The van der Waals surface area contributed by atoms with Crippen molar-refractivity contribution in [2.24, 2.45) is 0 Å². The highest BCUT2D eigenvalue weighted by molar-refractivity contribution is 5.88. The van der Waals surface area contributed by atoms with Crippen molar-refractivity contribution in [2.75, 3.05) is 13.7 Å². The van der Waals surface area contributed by atoms with Gasteiger partial charge in [-0.05, 0) is 31.0 Å². The Morgan fingerprint density at radius 3 is 2.86 bits per heavy atom. The smallest absolute Gasteiger partial charge is 0.360 e. The van der Waals surface area contributed by atoms with E-state index in [2.05, 4.69) is 10.3 Å². The summed E-state index contributed by atoms with van der Waals surface area (Å²) in [6.07, 6.45) is 0.655. The van der Waals surface area contributed by atoms with Crippen LogP contribution in [0.1, 0.15) is 28.7 Å². The van der Waals surface area contributed by atoms with Crippen molar-refractivity contribution in [3.8, 4) is 5.75 Å². The van der Waals surface area contributed by atoms with E-state index >= 15 is 0 Å². The Morgan fingerprint density at radius 2 is 2.19 bits per heavy atom. The molecule has 21 heavy (non-hydrogen) atoms. The van der Waals surface area contributed by atoms with Gasteiger partial charge in [0.1, 0.15) is 12.4 Å². The number of hydrogen-bond acceptors (Lipinski definition) is 5. The standard InChI is InChI=1S/C15H19N3O3/c1-4-13-14(15(19)20-3)16-17-18(13)8-9-21-12-7-5-6-11(2)10-12/h5-7,10H,4,8-9H2,1-3H3. The minimum absolute atomic E-state index is 0.274. The molecule has 0 amide bonds. The first kappa shape index (κ1) is 15.0. The molecule has 1 aromatic carbocycles. The number of rotatable bonds is 6. The molecule has 0 atom stereocenters. The fraction of sp³-hybridized carbons (Fsp3) is 0.400. The van der Waals surface area contributed by atoms with Gasteiger partial charge in [0.2, 0.25) is 0 Å². The first-order valence-electron chi connectivity index (χ1n) is 6.85. The van der Waals surface area contributed by atoms with Crippen molar-refractivity contribution in [3.63, 3.8) is 0 Å². The lowest BCUT2D eigenvalue weighted by Gasteiger charge is -2.08. The van der Waals surface area contributed by atoms with Crippen LogP contribution in [-0.2, 0) is 17.7 Å². The molecule has 112 valence electrons. The lowest BCUT2D eigenvalue weighted by atomic mass is 10.2. The molecule has 2 aromatic rings. The molecule has 6 nitrogen and oxygen atoms in total. The van der Waals surface area contributed by atoms with Crippen LogP contribution in [0.2, 0.25) is 0 Å². The topological polar surface area (TPSA) is 66.2 Å². The van der Waals surface area contributed by atoms with Crippen LogP contribution in [0, 0.1) is 6.92 Å². The summed E-state index contributed by atoms with van der Waals surface area (Å²) in [5, 5.41) is 7.87. The van der Waals surface area contributed by atoms with E-state index in [1.165, 1.54) is 7.11 Å². The normalized spacial score (nSPS) is 10.4. The molecule has 0 N–H and O–H groups in total. The molecule has 1 heterocycles. The molecule has 6 heteroatoms. The molecule has 0 aliphatic heterocycles. The van der Waals surface area contributed by atoms with Crippen LogP contribution in [0.3, 0.4) is 0 Å². The lowest BCUT2D eigenvalue weighted by molar-refractivity contribution is 0.0592. The molecule has 1 aromatic heterocycles. The number of benzene rings is 1. The first-order valence-corrected chi connectivity index (χ1v) is 6.85. The summed E-state index contributed by atoms with van der Waals surface area (Å²) in [6, 6.07) is 7.85. The third kappa shape index (κ3) is 3.59. The average molecular weight is 289 g/mol. The molecule has 0 saturated carbocycles. The van der Waals surface area contributed by atoms with Gasteiger partial charge in [-0.15, -0.1) is 5.10 Å².